The molecule has 1 aromatic heterocycles. The van der Waals surface area contributed by atoms with Gasteiger partial charge in [0.1, 0.15) is 5.82 Å². The summed E-state index contributed by atoms with van der Waals surface area (Å²) in [5, 5.41) is 2.72. The van der Waals surface area contributed by atoms with Crippen LogP contribution in [0.1, 0.15) is 15.9 Å². The van der Waals surface area contributed by atoms with Gasteiger partial charge >= 0.3 is 0 Å². The third-order valence-corrected chi connectivity index (χ3v) is 2.33. The van der Waals surface area contributed by atoms with Crippen LogP contribution in [0.25, 0.3) is 0 Å². The Morgan fingerprint density at radius 2 is 2.12 bits per heavy atom. The Balaban J connectivity index is 2.14. The van der Waals surface area contributed by atoms with Crippen LogP contribution < -0.4 is 11.1 Å². The highest BCUT2D eigenvalue weighted by Crippen LogP contribution is 2.08. The van der Waals surface area contributed by atoms with E-state index in [4.69, 9.17) is 5.73 Å². The molecule has 2 aromatic rings. The lowest BCUT2D eigenvalue weighted by Crippen LogP contribution is -2.13. The average molecular weight is 227 g/mol. The number of pyridine rings is 1. The van der Waals surface area contributed by atoms with Gasteiger partial charge in [0.15, 0.2) is 0 Å². The van der Waals surface area contributed by atoms with Crippen LogP contribution in [0.15, 0.2) is 48.7 Å². The molecule has 1 heterocycles. The summed E-state index contributed by atoms with van der Waals surface area (Å²) in [4.78, 5) is 15.9. The lowest BCUT2D eigenvalue weighted by Gasteiger charge is -2.05. The quantitative estimate of drug-likeness (QED) is 0.840. The molecule has 2 rings (SSSR count). The van der Waals surface area contributed by atoms with Crippen molar-refractivity contribution < 1.29 is 4.79 Å². The Hall–Kier alpha value is -2.20. The molecule has 0 atom stereocenters. The van der Waals surface area contributed by atoms with Gasteiger partial charge in [-0.25, -0.2) is 4.98 Å². The highest BCUT2D eigenvalue weighted by atomic mass is 16.1. The van der Waals surface area contributed by atoms with Crippen LogP contribution in [0.5, 0.6) is 0 Å². The van der Waals surface area contributed by atoms with Crippen LogP contribution in [0, 0.1) is 0 Å². The van der Waals surface area contributed by atoms with E-state index in [1.165, 1.54) is 0 Å². The standard InChI is InChI=1S/C13H13N3O/c14-9-10-4-3-5-11(8-10)13(17)16-12-6-1-2-7-15-12/h1-8H,9,14H2,(H,15,16,17). The molecule has 17 heavy (non-hydrogen) atoms. The lowest BCUT2D eigenvalue weighted by molar-refractivity contribution is 0.102. The van der Waals surface area contributed by atoms with E-state index in [-0.39, 0.29) is 5.91 Å². The first-order valence-electron chi connectivity index (χ1n) is 5.31. The topological polar surface area (TPSA) is 68.0 Å². The predicted octanol–water partition coefficient (Wildman–Crippen LogP) is 1.79. The van der Waals surface area contributed by atoms with Crippen LogP contribution in [0.3, 0.4) is 0 Å². The summed E-state index contributed by atoms with van der Waals surface area (Å²) in [5.41, 5.74) is 7.04. The smallest absolute Gasteiger partial charge is 0.256 e. The number of hydrogen-bond acceptors (Lipinski definition) is 3. The van der Waals surface area contributed by atoms with E-state index in [0.717, 1.165) is 5.56 Å². The number of benzene rings is 1. The molecule has 1 aromatic carbocycles. The van der Waals surface area contributed by atoms with E-state index in [1.807, 2.05) is 18.2 Å². The van der Waals surface area contributed by atoms with Gasteiger partial charge in [-0.3, -0.25) is 4.79 Å². The Labute approximate surface area is 99.5 Å². The molecule has 0 aliphatic heterocycles. The maximum atomic E-state index is 11.9. The predicted molar refractivity (Wildman–Crippen MR) is 66.5 cm³/mol. The molecule has 0 aliphatic carbocycles. The summed E-state index contributed by atoms with van der Waals surface area (Å²) in [5.74, 6) is 0.356. The SMILES string of the molecule is NCc1cccc(C(=O)Nc2ccccn2)c1. The number of hydrogen-bond donors (Lipinski definition) is 2. The number of aromatic nitrogens is 1. The van der Waals surface area contributed by atoms with Crippen molar-refractivity contribution in [2.24, 2.45) is 5.73 Å². The third-order valence-electron chi connectivity index (χ3n) is 2.33. The van der Waals surface area contributed by atoms with E-state index in [2.05, 4.69) is 10.3 Å². The van der Waals surface area contributed by atoms with Gasteiger partial charge in [0.25, 0.3) is 5.91 Å². The Morgan fingerprint density at radius 1 is 1.24 bits per heavy atom. The summed E-state index contributed by atoms with van der Waals surface area (Å²) >= 11 is 0. The monoisotopic (exact) mass is 227 g/mol. The molecule has 1 amide bonds. The second kappa shape index (κ2) is 5.23. The molecule has 0 spiro atoms. The summed E-state index contributed by atoms with van der Waals surface area (Å²) < 4.78 is 0. The highest BCUT2D eigenvalue weighted by Gasteiger charge is 2.06. The van der Waals surface area contributed by atoms with E-state index < -0.39 is 0 Å². The summed E-state index contributed by atoms with van der Waals surface area (Å²) in [6.07, 6.45) is 1.63. The second-order valence-corrected chi connectivity index (χ2v) is 3.57. The average Bonchev–Trinajstić information content (AvgIpc) is 2.40. The van der Waals surface area contributed by atoms with Crippen LogP contribution in [-0.4, -0.2) is 10.9 Å². The van der Waals surface area contributed by atoms with Gasteiger partial charge in [0, 0.05) is 18.3 Å². The highest BCUT2D eigenvalue weighted by molar-refractivity contribution is 6.03. The minimum Gasteiger partial charge on any atom is -0.326 e. The summed E-state index contributed by atoms with van der Waals surface area (Å²) in [7, 11) is 0. The van der Waals surface area contributed by atoms with Crippen LogP contribution in [-0.2, 0) is 6.54 Å². The van der Waals surface area contributed by atoms with Gasteiger partial charge in [-0.05, 0) is 29.8 Å². The molecule has 0 unspecified atom stereocenters. The zero-order valence-corrected chi connectivity index (χ0v) is 9.26. The fourth-order valence-electron chi connectivity index (χ4n) is 1.46. The van der Waals surface area contributed by atoms with Gasteiger partial charge in [0.05, 0.1) is 0 Å². The van der Waals surface area contributed by atoms with Crippen molar-refractivity contribution in [3.8, 4) is 0 Å². The number of rotatable bonds is 3. The van der Waals surface area contributed by atoms with Crippen molar-refractivity contribution in [3.63, 3.8) is 0 Å². The maximum Gasteiger partial charge on any atom is 0.256 e. The van der Waals surface area contributed by atoms with Crippen molar-refractivity contribution in [2.75, 3.05) is 5.32 Å². The largest absolute Gasteiger partial charge is 0.326 e. The van der Waals surface area contributed by atoms with Gasteiger partial charge in [-0.15, -0.1) is 0 Å². The first kappa shape index (κ1) is 11.3. The van der Waals surface area contributed by atoms with Gasteiger partial charge in [0.2, 0.25) is 0 Å². The van der Waals surface area contributed by atoms with Gasteiger partial charge in [-0.2, -0.15) is 0 Å². The summed E-state index contributed by atoms with van der Waals surface area (Å²) in [6, 6.07) is 12.6. The number of nitrogens with two attached hydrogens (primary N) is 1. The zero-order valence-electron chi connectivity index (χ0n) is 9.26. The first-order chi connectivity index (χ1) is 8.29. The van der Waals surface area contributed by atoms with Crippen LogP contribution >= 0.6 is 0 Å². The molecule has 0 aliphatic rings. The zero-order chi connectivity index (χ0) is 12.1. The van der Waals surface area contributed by atoms with Crippen molar-refractivity contribution in [3.05, 3.63) is 59.8 Å². The lowest BCUT2D eigenvalue weighted by atomic mass is 10.1. The molecule has 0 saturated heterocycles. The first-order valence-corrected chi connectivity index (χ1v) is 5.31. The van der Waals surface area contributed by atoms with Crippen molar-refractivity contribution >= 4 is 11.7 Å². The molecule has 4 nitrogen and oxygen atoms in total. The van der Waals surface area contributed by atoms with E-state index in [9.17, 15) is 4.79 Å². The third kappa shape index (κ3) is 2.89. The van der Waals surface area contributed by atoms with Gasteiger partial charge < -0.3 is 11.1 Å². The molecule has 0 saturated carbocycles. The Kier molecular flexibility index (Phi) is 3.47. The van der Waals surface area contributed by atoms with Crippen molar-refractivity contribution in [1.82, 2.24) is 4.98 Å². The van der Waals surface area contributed by atoms with Crippen molar-refractivity contribution in [2.45, 2.75) is 6.54 Å². The number of amides is 1. The van der Waals surface area contributed by atoms with Crippen molar-refractivity contribution in [1.29, 1.82) is 0 Å². The van der Waals surface area contributed by atoms with Crippen LogP contribution in [0.4, 0.5) is 5.82 Å². The number of anilines is 1. The fourth-order valence-corrected chi connectivity index (χ4v) is 1.46. The molecular formula is C13H13N3O. The fraction of sp³-hybridized carbons (Fsp3) is 0.0769. The minimum absolute atomic E-state index is 0.181. The minimum atomic E-state index is -0.181. The molecule has 0 radical (unpaired) electrons. The van der Waals surface area contributed by atoms with E-state index >= 15 is 0 Å². The Bertz CT molecular complexity index is 511. The van der Waals surface area contributed by atoms with Gasteiger partial charge in [-0.1, -0.05) is 18.2 Å². The summed E-state index contributed by atoms with van der Waals surface area (Å²) in [6.45, 7) is 0.421. The normalized spacial score (nSPS) is 9.94. The molecule has 3 N–H and O–H groups in total. The second-order valence-electron chi connectivity index (χ2n) is 3.57. The number of nitrogens with zero attached hydrogens (tertiary/aromatic N) is 1. The molecule has 0 bridgehead atoms. The molecule has 4 heteroatoms. The molecular weight excluding hydrogens is 214 g/mol. The van der Waals surface area contributed by atoms with E-state index in [1.54, 1.807) is 30.5 Å². The molecule has 0 fully saturated rings. The van der Waals surface area contributed by atoms with Crippen LogP contribution in [0.2, 0.25) is 0 Å². The molecule has 86 valence electrons. The maximum absolute atomic E-state index is 11.9. The Morgan fingerprint density at radius 3 is 2.82 bits per heavy atom. The van der Waals surface area contributed by atoms with E-state index in [0.29, 0.717) is 17.9 Å². The number of nitrogens with one attached hydrogen (secondary N) is 1. The number of carbonyl (C=O) groups is 1. The number of carbonyl (C=O) groups excluding carboxylic acids is 1.